The third-order valence-electron chi connectivity index (χ3n) is 5.26. The van der Waals surface area contributed by atoms with Gasteiger partial charge < -0.3 is 0 Å². The predicted octanol–water partition coefficient (Wildman–Crippen LogP) is 6.29. The van der Waals surface area contributed by atoms with E-state index in [2.05, 4.69) is 81.8 Å². The second-order valence-electron chi connectivity index (χ2n) is 7.06. The fourth-order valence-electron chi connectivity index (χ4n) is 3.97. The summed E-state index contributed by atoms with van der Waals surface area (Å²) in [6, 6.07) is 13.7. The van der Waals surface area contributed by atoms with E-state index in [1.807, 2.05) is 0 Å². The molecule has 0 aliphatic heterocycles. The number of rotatable bonds is 3. The maximum absolute atomic E-state index is 2.52. The molecule has 120 valence electrons. The molecular weight excluding hydrogens is 386 g/mol. The van der Waals surface area contributed by atoms with Gasteiger partial charge in [0.1, 0.15) is 0 Å². The Bertz CT molecular complexity index is 860. The summed E-state index contributed by atoms with van der Waals surface area (Å²) in [5.74, 6) is 0. The van der Waals surface area contributed by atoms with Gasteiger partial charge in [-0.05, 0) is 0 Å². The molecule has 0 saturated carbocycles. The minimum absolute atomic E-state index is 0.00913. The molecule has 2 unspecified atom stereocenters. The molecule has 4 rings (SSSR count). The normalized spacial score (nSPS) is 21.0. The molecule has 0 bridgehead atoms. The number of allylic oxidation sites excluding steroid dienone is 2. The Balaban J connectivity index is 1.72. The molecule has 0 N–H and O–H groups in total. The predicted molar refractivity (Wildman–Crippen MR) is 104 cm³/mol. The van der Waals surface area contributed by atoms with Crippen molar-refractivity contribution in [3.8, 4) is 0 Å². The Morgan fingerprint density at radius 3 is 2.50 bits per heavy atom. The van der Waals surface area contributed by atoms with Crippen molar-refractivity contribution in [1.29, 1.82) is 0 Å². The van der Waals surface area contributed by atoms with Crippen LogP contribution >= 0.6 is 7.92 Å². The van der Waals surface area contributed by atoms with Gasteiger partial charge in [-0.2, -0.15) is 0 Å². The third-order valence-corrected chi connectivity index (χ3v) is 11.7. The van der Waals surface area contributed by atoms with Gasteiger partial charge in [-0.3, -0.25) is 0 Å². The molecule has 0 spiro atoms. The van der Waals surface area contributed by atoms with Gasteiger partial charge in [0.2, 0.25) is 0 Å². The average Bonchev–Trinajstić information content (AvgIpc) is 3.15. The van der Waals surface area contributed by atoms with Gasteiger partial charge in [-0.25, -0.2) is 0 Å². The van der Waals surface area contributed by atoms with E-state index in [0.717, 1.165) is 7.25 Å². The second-order valence-corrected chi connectivity index (χ2v) is 13.1. The van der Waals surface area contributed by atoms with Crippen molar-refractivity contribution >= 4 is 20.1 Å². The molecule has 0 fully saturated rings. The zero-order chi connectivity index (χ0) is 16.8. The first kappa shape index (κ1) is 16.7. The number of benzene rings is 2. The van der Waals surface area contributed by atoms with E-state index in [4.69, 9.17) is 0 Å². The standard InChI is InChI=1S/C11H12P.C11H11.Zr/c1-12(2)11-7-9-5-3-4-6-10(9)8-11;1-8-6-7-9(2)11-5-3-4-10(8)11;/h3-8H,1-2H3;3-7H,1-2H3;. The van der Waals surface area contributed by atoms with Crippen LogP contribution in [0.2, 0.25) is 0 Å². The molecule has 2 aliphatic carbocycles. The van der Waals surface area contributed by atoms with Crippen molar-refractivity contribution in [3.05, 3.63) is 81.2 Å². The summed E-state index contributed by atoms with van der Waals surface area (Å²) in [5.41, 5.74) is 9.16. The number of hydrogen-bond acceptors (Lipinski definition) is 0. The second kappa shape index (κ2) is 6.51. The van der Waals surface area contributed by atoms with Gasteiger partial charge in [0.15, 0.2) is 0 Å². The fraction of sp³-hybridized carbons (Fsp3) is 0.273. The molecule has 2 aromatic rings. The molecule has 2 aromatic carbocycles. The topological polar surface area (TPSA) is 0 Å². The van der Waals surface area contributed by atoms with E-state index in [1.54, 1.807) is 16.4 Å². The van der Waals surface area contributed by atoms with Gasteiger partial charge in [-0.15, -0.1) is 0 Å². The van der Waals surface area contributed by atoms with Gasteiger partial charge in [0, 0.05) is 0 Å². The molecule has 0 saturated heterocycles. The zero-order valence-electron chi connectivity index (χ0n) is 14.8. The van der Waals surface area contributed by atoms with Gasteiger partial charge in [0.25, 0.3) is 0 Å². The van der Waals surface area contributed by atoms with Crippen molar-refractivity contribution < 1.29 is 23.2 Å². The van der Waals surface area contributed by atoms with Crippen molar-refractivity contribution in [1.82, 2.24) is 0 Å². The fourth-order valence-corrected chi connectivity index (χ4v) is 11.8. The molecule has 0 aromatic heterocycles. The summed E-state index contributed by atoms with van der Waals surface area (Å²) < 4.78 is 1.48. The van der Waals surface area contributed by atoms with Crippen molar-refractivity contribution in [2.45, 2.75) is 21.1 Å². The summed E-state index contributed by atoms with van der Waals surface area (Å²) in [6.45, 7) is 9.40. The molecule has 2 heteroatoms. The van der Waals surface area contributed by atoms with Crippen LogP contribution in [0.4, 0.5) is 0 Å². The van der Waals surface area contributed by atoms with Crippen LogP contribution in [0.15, 0.2) is 47.8 Å². The Morgan fingerprint density at radius 2 is 1.71 bits per heavy atom. The van der Waals surface area contributed by atoms with Crippen LogP contribution in [0.5, 0.6) is 0 Å². The van der Waals surface area contributed by atoms with Gasteiger partial charge in [0.05, 0.1) is 0 Å². The summed E-state index contributed by atoms with van der Waals surface area (Å²) in [5, 5.41) is 1.74. The Morgan fingerprint density at radius 1 is 0.958 bits per heavy atom. The average molecular weight is 410 g/mol. The minimum atomic E-state index is -0.661. The molecule has 0 heterocycles. The first-order valence-electron chi connectivity index (χ1n) is 8.58. The van der Waals surface area contributed by atoms with E-state index in [9.17, 15) is 0 Å². The van der Waals surface area contributed by atoms with Gasteiger partial charge in [-0.1, -0.05) is 0 Å². The third kappa shape index (κ3) is 2.75. The van der Waals surface area contributed by atoms with Crippen LogP contribution in [-0.2, 0) is 23.2 Å². The maximum atomic E-state index is 2.52. The molecular formula is C22H23PZr. The van der Waals surface area contributed by atoms with Crippen LogP contribution in [0, 0.1) is 13.8 Å². The van der Waals surface area contributed by atoms with Crippen molar-refractivity contribution in [2.24, 2.45) is 0 Å². The van der Waals surface area contributed by atoms with Crippen LogP contribution in [0.1, 0.15) is 40.6 Å². The molecule has 24 heavy (non-hydrogen) atoms. The molecule has 0 radical (unpaired) electrons. The monoisotopic (exact) mass is 408 g/mol. The molecule has 0 nitrogen and oxygen atoms in total. The number of aryl methyl sites for hydroxylation is 2. The molecule has 2 aliphatic rings. The van der Waals surface area contributed by atoms with Gasteiger partial charge >= 0.3 is 159 Å². The summed E-state index contributed by atoms with van der Waals surface area (Å²) in [7, 11) is -0.00913. The van der Waals surface area contributed by atoms with Crippen LogP contribution in [-0.4, -0.2) is 13.3 Å². The Kier molecular flexibility index (Phi) is 4.53. The van der Waals surface area contributed by atoms with E-state index < -0.39 is 23.2 Å². The Labute approximate surface area is 158 Å². The summed E-state index contributed by atoms with van der Waals surface area (Å²) >= 11 is -0.661. The van der Waals surface area contributed by atoms with Crippen molar-refractivity contribution in [3.63, 3.8) is 0 Å². The first-order valence-corrected chi connectivity index (χ1v) is 13.7. The number of hydrogen-bond donors (Lipinski definition) is 0. The molecule has 2 atom stereocenters. The SMILES string of the molecule is Cc1ccc(C)c2c1C=C[CH]2[Zr][CH]1C(P(C)C)=Cc2ccccc21. The summed E-state index contributed by atoms with van der Waals surface area (Å²) in [4.78, 5) is 0. The van der Waals surface area contributed by atoms with E-state index in [1.165, 1.54) is 22.3 Å². The van der Waals surface area contributed by atoms with Crippen LogP contribution in [0.25, 0.3) is 12.2 Å². The Hall–Kier alpha value is -0.767. The van der Waals surface area contributed by atoms with Crippen LogP contribution < -0.4 is 0 Å². The quantitative estimate of drug-likeness (QED) is 0.523. The van der Waals surface area contributed by atoms with E-state index >= 15 is 0 Å². The number of fused-ring (bicyclic) bond motifs is 2. The van der Waals surface area contributed by atoms with Crippen LogP contribution in [0.3, 0.4) is 0 Å². The van der Waals surface area contributed by atoms with E-state index in [-0.39, 0.29) is 7.92 Å². The first-order chi connectivity index (χ1) is 11.6. The zero-order valence-corrected chi connectivity index (χ0v) is 18.2. The molecule has 0 amide bonds. The summed E-state index contributed by atoms with van der Waals surface area (Å²) in [6.07, 6.45) is 7.42. The van der Waals surface area contributed by atoms with E-state index in [0.29, 0.717) is 0 Å². The van der Waals surface area contributed by atoms with Crippen molar-refractivity contribution in [2.75, 3.05) is 13.3 Å².